The molecule has 1 saturated carbocycles. The van der Waals surface area contributed by atoms with Gasteiger partial charge in [-0.15, -0.1) is 0 Å². The summed E-state index contributed by atoms with van der Waals surface area (Å²) in [6.45, 7) is 2.13. The van der Waals surface area contributed by atoms with E-state index in [2.05, 4.69) is 11.9 Å². The van der Waals surface area contributed by atoms with Crippen molar-refractivity contribution < 1.29 is 8.78 Å². The molecular weight excluding hydrogens is 248 g/mol. The third-order valence-corrected chi connectivity index (χ3v) is 4.17. The maximum absolute atomic E-state index is 14.1. The molecular formula is C14H17F2N3. The van der Waals surface area contributed by atoms with E-state index in [0.29, 0.717) is 11.4 Å². The Labute approximate surface area is 110 Å². The average Bonchev–Trinajstić information content (AvgIpc) is 2.72. The van der Waals surface area contributed by atoms with Crippen LogP contribution in [0.25, 0.3) is 11.0 Å². The molecule has 2 atom stereocenters. The summed E-state index contributed by atoms with van der Waals surface area (Å²) < 4.78 is 29.2. The number of halogens is 2. The maximum Gasteiger partial charge on any atom is 0.201 e. The van der Waals surface area contributed by atoms with E-state index in [1.165, 1.54) is 12.5 Å². The van der Waals surface area contributed by atoms with Gasteiger partial charge in [-0.3, -0.25) is 0 Å². The van der Waals surface area contributed by atoms with Crippen LogP contribution in [0.15, 0.2) is 12.1 Å². The number of nitrogens with two attached hydrogens (primary N) is 1. The van der Waals surface area contributed by atoms with Crippen LogP contribution in [0.1, 0.15) is 38.6 Å². The predicted octanol–water partition coefficient (Wildman–Crippen LogP) is 3.65. The summed E-state index contributed by atoms with van der Waals surface area (Å²) in [6, 6.07) is 2.68. The second-order valence-electron chi connectivity index (χ2n) is 5.40. The number of imidazole rings is 1. The molecule has 1 aromatic carbocycles. The van der Waals surface area contributed by atoms with Gasteiger partial charge in [-0.05, 0) is 30.9 Å². The van der Waals surface area contributed by atoms with Crippen molar-refractivity contribution in [3.63, 3.8) is 0 Å². The van der Waals surface area contributed by atoms with Crippen LogP contribution in [-0.2, 0) is 0 Å². The molecule has 2 N–H and O–H groups in total. The van der Waals surface area contributed by atoms with Gasteiger partial charge in [-0.2, -0.15) is 0 Å². The van der Waals surface area contributed by atoms with Crippen molar-refractivity contribution in [2.75, 3.05) is 5.73 Å². The average molecular weight is 265 g/mol. The first-order valence-corrected chi connectivity index (χ1v) is 6.71. The molecule has 5 heteroatoms. The molecule has 19 heavy (non-hydrogen) atoms. The monoisotopic (exact) mass is 265 g/mol. The zero-order chi connectivity index (χ0) is 13.6. The van der Waals surface area contributed by atoms with Gasteiger partial charge in [-0.1, -0.05) is 19.8 Å². The van der Waals surface area contributed by atoms with Crippen molar-refractivity contribution in [3.05, 3.63) is 23.8 Å². The fourth-order valence-corrected chi connectivity index (χ4v) is 3.16. The number of hydrogen-bond acceptors (Lipinski definition) is 2. The highest BCUT2D eigenvalue weighted by Crippen LogP contribution is 2.38. The highest BCUT2D eigenvalue weighted by atomic mass is 19.2. The van der Waals surface area contributed by atoms with E-state index in [1.807, 2.05) is 0 Å². The van der Waals surface area contributed by atoms with Crippen LogP contribution in [0, 0.1) is 17.6 Å². The summed E-state index contributed by atoms with van der Waals surface area (Å²) in [5, 5.41) is 0. The molecule has 102 valence electrons. The van der Waals surface area contributed by atoms with Gasteiger partial charge >= 0.3 is 0 Å². The van der Waals surface area contributed by atoms with Gasteiger partial charge in [0.1, 0.15) is 5.52 Å². The Kier molecular flexibility index (Phi) is 2.92. The maximum atomic E-state index is 14.1. The zero-order valence-electron chi connectivity index (χ0n) is 10.9. The van der Waals surface area contributed by atoms with Crippen molar-refractivity contribution in [2.45, 2.75) is 38.6 Å². The fraction of sp³-hybridized carbons (Fsp3) is 0.500. The number of hydrogen-bond donors (Lipinski definition) is 1. The van der Waals surface area contributed by atoms with E-state index in [1.54, 1.807) is 4.57 Å². The second-order valence-corrected chi connectivity index (χ2v) is 5.40. The lowest BCUT2D eigenvalue weighted by Crippen LogP contribution is -2.22. The Hall–Kier alpha value is -1.65. The molecule has 1 heterocycles. The first-order chi connectivity index (χ1) is 9.09. The molecule has 0 bridgehead atoms. The van der Waals surface area contributed by atoms with Gasteiger partial charge in [0.2, 0.25) is 5.95 Å². The molecule has 2 unspecified atom stereocenters. The van der Waals surface area contributed by atoms with Crippen molar-refractivity contribution in [3.8, 4) is 0 Å². The summed E-state index contributed by atoms with van der Waals surface area (Å²) in [5.41, 5.74) is 6.56. The number of nitrogens with zero attached hydrogens (tertiary/aromatic N) is 2. The predicted molar refractivity (Wildman–Crippen MR) is 70.7 cm³/mol. The van der Waals surface area contributed by atoms with Crippen LogP contribution >= 0.6 is 0 Å². The van der Waals surface area contributed by atoms with Gasteiger partial charge < -0.3 is 10.3 Å². The Morgan fingerprint density at radius 2 is 2.00 bits per heavy atom. The minimum atomic E-state index is -0.850. The molecule has 1 aliphatic rings. The van der Waals surface area contributed by atoms with E-state index in [0.717, 1.165) is 25.3 Å². The van der Waals surface area contributed by atoms with Gasteiger partial charge in [0.15, 0.2) is 11.6 Å². The van der Waals surface area contributed by atoms with Crippen LogP contribution in [0.3, 0.4) is 0 Å². The van der Waals surface area contributed by atoms with Crippen molar-refractivity contribution in [1.82, 2.24) is 9.55 Å². The molecule has 2 aromatic rings. The molecule has 1 fully saturated rings. The minimum absolute atomic E-state index is 0.107. The third kappa shape index (κ3) is 1.88. The normalized spacial score (nSPS) is 23.9. The molecule has 3 nitrogen and oxygen atoms in total. The summed E-state index contributed by atoms with van der Waals surface area (Å²) >= 11 is 0. The van der Waals surface area contributed by atoms with Crippen LogP contribution in [0.5, 0.6) is 0 Å². The first kappa shape index (κ1) is 12.4. The molecule has 1 aliphatic carbocycles. The van der Waals surface area contributed by atoms with Gasteiger partial charge in [0.25, 0.3) is 0 Å². The quantitative estimate of drug-likeness (QED) is 0.855. The summed E-state index contributed by atoms with van der Waals surface area (Å²) in [6.07, 6.45) is 4.29. The first-order valence-electron chi connectivity index (χ1n) is 6.71. The number of nitrogen functional groups attached to an aromatic ring is 1. The highest BCUT2D eigenvalue weighted by molar-refractivity contribution is 5.79. The van der Waals surface area contributed by atoms with Crippen LogP contribution < -0.4 is 5.73 Å². The third-order valence-electron chi connectivity index (χ3n) is 4.17. The van der Waals surface area contributed by atoms with Crippen LogP contribution in [0.4, 0.5) is 14.7 Å². The largest absolute Gasteiger partial charge is 0.369 e. The molecule has 0 spiro atoms. The standard InChI is InChI=1S/C14H17F2N3/c1-8-4-2-3-5-11(8)19-13-10(18-14(19)17)7-6-9(15)12(13)16/h6-8,11H,2-5H2,1H3,(H2,17,18). The SMILES string of the molecule is CC1CCCCC1n1c(N)nc2ccc(F)c(F)c21. The zero-order valence-corrected chi connectivity index (χ0v) is 10.9. The lowest BCUT2D eigenvalue weighted by Gasteiger charge is -2.31. The van der Waals surface area contributed by atoms with Gasteiger partial charge in [0, 0.05) is 6.04 Å². The smallest absolute Gasteiger partial charge is 0.201 e. The van der Waals surface area contributed by atoms with E-state index >= 15 is 0 Å². The molecule has 0 saturated heterocycles. The number of fused-ring (bicyclic) bond motifs is 1. The molecule has 1 aromatic heterocycles. The van der Waals surface area contributed by atoms with E-state index in [9.17, 15) is 8.78 Å². The second kappa shape index (κ2) is 4.47. The van der Waals surface area contributed by atoms with E-state index in [-0.39, 0.29) is 17.5 Å². The number of aromatic nitrogens is 2. The van der Waals surface area contributed by atoms with Crippen molar-refractivity contribution >= 4 is 17.0 Å². The van der Waals surface area contributed by atoms with E-state index in [4.69, 9.17) is 5.73 Å². The Balaban J connectivity index is 2.22. The lowest BCUT2D eigenvalue weighted by atomic mass is 9.85. The van der Waals surface area contributed by atoms with Gasteiger partial charge in [0.05, 0.1) is 5.52 Å². The molecule has 0 amide bonds. The lowest BCUT2D eigenvalue weighted by molar-refractivity contribution is 0.263. The summed E-state index contributed by atoms with van der Waals surface area (Å²) in [4.78, 5) is 4.16. The van der Waals surface area contributed by atoms with E-state index < -0.39 is 11.6 Å². The highest BCUT2D eigenvalue weighted by Gasteiger charge is 2.28. The molecule has 3 rings (SSSR count). The van der Waals surface area contributed by atoms with Crippen LogP contribution in [0.2, 0.25) is 0 Å². The molecule has 0 radical (unpaired) electrons. The Morgan fingerprint density at radius 1 is 1.26 bits per heavy atom. The Morgan fingerprint density at radius 3 is 2.74 bits per heavy atom. The van der Waals surface area contributed by atoms with Crippen molar-refractivity contribution in [1.29, 1.82) is 0 Å². The minimum Gasteiger partial charge on any atom is -0.369 e. The van der Waals surface area contributed by atoms with Crippen LogP contribution in [-0.4, -0.2) is 9.55 Å². The topological polar surface area (TPSA) is 43.8 Å². The Bertz CT molecular complexity index is 621. The number of anilines is 1. The van der Waals surface area contributed by atoms with Crippen molar-refractivity contribution in [2.24, 2.45) is 5.92 Å². The number of rotatable bonds is 1. The summed E-state index contributed by atoms with van der Waals surface area (Å²) in [7, 11) is 0. The number of benzene rings is 1. The molecule has 0 aliphatic heterocycles. The van der Waals surface area contributed by atoms with Gasteiger partial charge in [-0.25, -0.2) is 13.8 Å². The fourth-order valence-electron chi connectivity index (χ4n) is 3.16. The summed E-state index contributed by atoms with van der Waals surface area (Å²) in [5.74, 6) is -1.02.